The molecule has 23 heavy (non-hydrogen) atoms. The van der Waals surface area contributed by atoms with Crippen molar-refractivity contribution < 1.29 is 9.72 Å². The van der Waals surface area contributed by atoms with Crippen LogP contribution < -0.4 is 5.32 Å². The molecule has 2 rings (SSSR count). The summed E-state index contributed by atoms with van der Waals surface area (Å²) in [6, 6.07) is 3.69. The van der Waals surface area contributed by atoms with Gasteiger partial charge in [-0.2, -0.15) is 0 Å². The average Bonchev–Trinajstić information content (AvgIpc) is 2.95. The van der Waals surface area contributed by atoms with E-state index < -0.39 is 10.8 Å². The first kappa shape index (κ1) is 17.3. The summed E-state index contributed by atoms with van der Waals surface area (Å²) >= 11 is 7.25. The van der Waals surface area contributed by atoms with Crippen molar-refractivity contribution in [2.45, 2.75) is 32.6 Å². The zero-order valence-electron chi connectivity index (χ0n) is 12.6. The molecule has 7 nitrogen and oxygen atoms in total. The van der Waals surface area contributed by atoms with Crippen LogP contribution in [-0.4, -0.2) is 21.0 Å². The molecule has 122 valence electrons. The predicted molar refractivity (Wildman–Crippen MR) is 89.3 cm³/mol. The van der Waals surface area contributed by atoms with Crippen LogP contribution in [0.4, 0.5) is 10.8 Å². The first-order valence-electron chi connectivity index (χ1n) is 7.01. The monoisotopic (exact) mass is 354 g/mol. The van der Waals surface area contributed by atoms with Gasteiger partial charge in [-0.1, -0.05) is 43.2 Å². The number of non-ortho nitro benzene ring substituents is 1. The molecule has 0 radical (unpaired) electrons. The smallest absolute Gasteiger partial charge is 0.270 e. The second-order valence-electron chi connectivity index (χ2n) is 5.01. The number of hydrogen-bond donors (Lipinski definition) is 1. The van der Waals surface area contributed by atoms with Gasteiger partial charge in [-0.25, -0.2) is 0 Å². The minimum absolute atomic E-state index is 0.0146. The van der Waals surface area contributed by atoms with Crippen molar-refractivity contribution in [3.8, 4) is 0 Å². The van der Waals surface area contributed by atoms with Crippen molar-refractivity contribution in [3.05, 3.63) is 43.9 Å². The number of hydrogen-bond acceptors (Lipinski definition) is 6. The van der Waals surface area contributed by atoms with Crippen molar-refractivity contribution in [1.82, 2.24) is 10.2 Å². The van der Waals surface area contributed by atoms with Crippen LogP contribution >= 0.6 is 22.9 Å². The molecular formula is C14H15ClN4O3S. The maximum absolute atomic E-state index is 12.2. The zero-order valence-corrected chi connectivity index (χ0v) is 14.1. The number of rotatable bonds is 6. The van der Waals surface area contributed by atoms with Crippen molar-refractivity contribution in [3.63, 3.8) is 0 Å². The number of carbonyl (C=O) groups is 1. The second kappa shape index (κ2) is 7.47. The number of nitro benzene ring substituents is 1. The average molecular weight is 355 g/mol. The number of anilines is 1. The number of halogens is 1. The Morgan fingerprint density at radius 1 is 1.48 bits per heavy atom. The van der Waals surface area contributed by atoms with Gasteiger partial charge < -0.3 is 0 Å². The van der Waals surface area contributed by atoms with Gasteiger partial charge in [0, 0.05) is 18.1 Å². The van der Waals surface area contributed by atoms with Crippen LogP contribution in [-0.2, 0) is 0 Å². The van der Waals surface area contributed by atoms with Crippen molar-refractivity contribution >= 4 is 39.7 Å². The second-order valence-corrected chi connectivity index (χ2v) is 6.43. The van der Waals surface area contributed by atoms with Crippen LogP contribution in [0.2, 0.25) is 5.02 Å². The van der Waals surface area contributed by atoms with E-state index in [0.717, 1.165) is 23.9 Å². The lowest BCUT2D eigenvalue weighted by Crippen LogP contribution is -2.12. The van der Waals surface area contributed by atoms with Crippen molar-refractivity contribution in [1.29, 1.82) is 0 Å². The molecule has 1 atom stereocenters. The molecule has 1 amide bonds. The summed E-state index contributed by atoms with van der Waals surface area (Å²) in [5.41, 5.74) is -0.0197. The lowest BCUT2D eigenvalue weighted by atomic mass is 10.1. The minimum Gasteiger partial charge on any atom is -0.296 e. The molecule has 1 heterocycles. The van der Waals surface area contributed by atoms with Crippen LogP contribution in [0.3, 0.4) is 0 Å². The van der Waals surface area contributed by atoms with Crippen LogP contribution in [0.1, 0.15) is 48.0 Å². The molecule has 1 aromatic heterocycles. The Balaban J connectivity index is 2.12. The van der Waals surface area contributed by atoms with Crippen molar-refractivity contribution in [2.24, 2.45) is 0 Å². The fourth-order valence-electron chi connectivity index (χ4n) is 2.01. The van der Waals surface area contributed by atoms with Gasteiger partial charge in [0.05, 0.1) is 15.5 Å². The lowest BCUT2D eigenvalue weighted by molar-refractivity contribution is -0.384. The highest BCUT2D eigenvalue weighted by molar-refractivity contribution is 7.15. The van der Waals surface area contributed by atoms with Gasteiger partial charge in [0.1, 0.15) is 5.01 Å². The van der Waals surface area contributed by atoms with Crippen LogP contribution in [0.15, 0.2) is 18.2 Å². The van der Waals surface area contributed by atoms with E-state index in [0.29, 0.717) is 5.13 Å². The van der Waals surface area contributed by atoms with Gasteiger partial charge in [0.25, 0.3) is 11.6 Å². The molecule has 0 aliphatic carbocycles. The Bertz CT molecular complexity index is 735. The Morgan fingerprint density at radius 2 is 2.22 bits per heavy atom. The van der Waals surface area contributed by atoms with Gasteiger partial charge in [0.2, 0.25) is 5.13 Å². The molecule has 9 heteroatoms. The SMILES string of the molecule is CCC[C@@H](C)c1nnc(NC(=O)c2ccc([N+](=O)[O-])cc2Cl)s1. The van der Waals surface area contributed by atoms with Gasteiger partial charge in [-0.05, 0) is 12.5 Å². The Kier molecular flexibility index (Phi) is 5.62. The summed E-state index contributed by atoms with van der Waals surface area (Å²) in [5, 5.41) is 22.6. The molecule has 0 aliphatic heterocycles. The largest absolute Gasteiger partial charge is 0.296 e. The van der Waals surface area contributed by atoms with Gasteiger partial charge in [-0.15, -0.1) is 10.2 Å². The van der Waals surface area contributed by atoms with E-state index in [1.807, 2.05) is 0 Å². The quantitative estimate of drug-likeness (QED) is 0.617. The number of nitro groups is 1. The first-order chi connectivity index (χ1) is 10.9. The molecule has 0 aliphatic rings. The lowest BCUT2D eigenvalue weighted by Gasteiger charge is -2.04. The molecule has 0 saturated carbocycles. The normalized spacial score (nSPS) is 12.0. The summed E-state index contributed by atoms with van der Waals surface area (Å²) in [7, 11) is 0. The molecule has 1 N–H and O–H groups in total. The fourth-order valence-corrected chi connectivity index (χ4v) is 3.09. The Hall–Kier alpha value is -2.06. The highest BCUT2D eigenvalue weighted by atomic mass is 35.5. The highest BCUT2D eigenvalue weighted by Crippen LogP contribution is 2.28. The highest BCUT2D eigenvalue weighted by Gasteiger charge is 2.17. The van der Waals surface area contributed by atoms with Gasteiger partial charge >= 0.3 is 0 Å². The number of nitrogens with zero attached hydrogens (tertiary/aromatic N) is 3. The standard InChI is InChI=1S/C14H15ClN4O3S/c1-3-4-8(2)13-17-18-14(23-13)16-12(20)10-6-5-9(19(21)22)7-11(10)15/h5-8H,3-4H2,1-2H3,(H,16,18,20)/t8-/m1/s1. The van der Waals surface area contributed by atoms with E-state index in [2.05, 4.69) is 29.4 Å². The Morgan fingerprint density at radius 3 is 2.83 bits per heavy atom. The molecular weight excluding hydrogens is 340 g/mol. The number of carbonyl (C=O) groups excluding carboxylic acids is 1. The summed E-state index contributed by atoms with van der Waals surface area (Å²) in [4.78, 5) is 22.3. The molecule has 0 bridgehead atoms. The number of aromatic nitrogens is 2. The van der Waals surface area contributed by atoms with Crippen LogP contribution in [0.5, 0.6) is 0 Å². The molecule has 0 unspecified atom stereocenters. The Labute approximate surface area is 141 Å². The number of benzene rings is 1. The number of nitrogens with one attached hydrogen (secondary N) is 1. The summed E-state index contributed by atoms with van der Waals surface area (Å²) in [6.07, 6.45) is 2.04. The minimum atomic E-state index is -0.570. The van der Waals surface area contributed by atoms with Gasteiger partial charge in [-0.3, -0.25) is 20.2 Å². The van der Waals surface area contributed by atoms with E-state index >= 15 is 0 Å². The van der Waals surface area contributed by atoms with Crippen molar-refractivity contribution in [2.75, 3.05) is 5.32 Å². The third-order valence-corrected chi connectivity index (χ3v) is 4.60. The van der Waals surface area contributed by atoms with Crippen LogP contribution in [0.25, 0.3) is 0 Å². The third kappa shape index (κ3) is 4.23. The van der Waals surface area contributed by atoms with Crippen LogP contribution in [0, 0.1) is 10.1 Å². The first-order valence-corrected chi connectivity index (χ1v) is 8.20. The molecule has 2 aromatic rings. The van der Waals surface area contributed by atoms with E-state index in [1.165, 1.54) is 23.5 Å². The number of amides is 1. The van der Waals surface area contributed by atoms with E-state index in [4.69, 9.17) is 11.6 Å². The zero-order chi connectivity index (χ0) is 17.0. The molecule has 0 spiro atoms. The van der Waals surface area contributed by atoms with E-state index in [-0.39, 0.29) is 22.2 Å². The molecule has 0 saturated heterocycles. The molecule has 0 fully saturated rings. The fraction of sp³-hybridized carbons (Fsp3) is 0.357. The maximum atomic E-state index is 12.2. The summed E-state index contributed by atoms with van der Waals surface area (Å²) in [5.74, 6) is -0.193. The topological polar surface area (TPSA) is 98.0 Å². The van der Waals surface area contributed by atoms with Gasteiger partial charge in [0.15, 0.2) is 0 Å². The summed E-state index contributed by atoms with van der Waals surface area (Å²) < 4.78 is 0. The summed E-state index contributed by atoms with van der Waals surface area (Å²) in [6.45, 7) is 4.15. The third-order valence-electron chi connectivity index (χ3n) is 3.21. The van der Waals surface area contributed by atoms with E-state index in [9.17, 15) is 14.9 Å². The van der Waals surface area contributed by atoms with E-state index in [1.54, 1.807) is 0 Å². The molecule has 1 aromatic carbocycles. The predicted octanol–water partition coefficient (Wildman–Crippen LogP) is 4.26. The maximum Gasteiger partial charge on any atom is 0.270 e.